The van der Waals surface area contributed by atoms with Crippen molar-refractivity contribution in [1.29, 1.82) is 0 Å². The SMILES string of the molecule is CCNC(=O)CN1CCCN(C(=O)C(CCSC)NC(=O)c2ccccc2Br)CC1. The number of thioether (sulfide) groups is 1. The van der Waals surface area contributed by atoms with Crippen molar-refractivity contribution in [3.63, 3.8) is 0 Å². The maximum atomic E-state index is 13.2. The molecule has 1 aliphatic rings. The van der Waals surface area contributed by atoms with Crippen molar-refractivity contribution in [1.82, 2.24) is 20.4 Å². The van der Waals surface area contributed by atoms with E-state index in [4.69, 9.17) is 0 Å². The Kier molecular flexibility index (Phi) is 10.7. The number of carbonyl (C=O) groups excluding carboxylic acids is 3. The molecule has 0 saturated carbocycles. The van der Waals surface area contributed by atoms with Gasteiger partial charge in [0.05, 0.1) is 12.1 Å². The quantitative estimate of drug-likeness (QED) is 0.543. The molecule has 1 aliphatic heterocycles. The predicted molar refractivity (Wildman–Crippen MR) is 125 cm³/mol. The number of carbonyl (C=O) groups is 3. The summed E-state index contributed by atoms with van der Waals surface area (Å²) in [4.78, 5) is 41.8. The van der Waals surface area contributed by atoms with Crippen molar-refractivity contribution in [2.45, 2.75) is 25.8 Å². The molecule has 2 N–H and O–H groups in total. The van der Waals surface area contributed by atoms with Gasteiger partial charge in [0.1, 0.15) is 6.04 Å². The van der Waals surface area contributed by atoms with Crippen LogP contribution in [0.4, 0.5) is 0 Å². The molecule has 1 fully saturated rings. The van der Waals surface area contributed by atoms with Gasteiger partial charge < -0.3 is 15.5 Å². The average molecular weight is 499 g/mol. The molecule has 1 atom stereocenters. The van der Waals surface area contributed by atoms with E-state index in [0.29, 0.717) is 49.2 Å². The van der Waals surface area contributed by atoms with Crippen LogP contribution in [0.25, 0.3) is 0 Å². The maximum Gasteiger partial charge on any atom is 0.253 e. The van der Waals surface area contributed by atoms with Crippen molar-refractivity contribution in [2.75, 3.05) is 51.3 Å². The van der Waals surface area contributed by atoms with Gasteiger partial charge in [-0.25, -0.2) is 0 Å². The van der Waals surface area contributed by atoms with E-state index >= 15 is 0 Å². The van der Waals surface area contributed by atoms with E-state index in [0.717, 1.165) is 18.7 Å². The molecule has 7 nitrogen and oxygen atoms in total. The molecule has 0 aliphatic carbocycles. The molecule has 9 heteroatoms. The molecule has 1 aromatic rings. The van der Waals surface area contributed by atoms with Crippen LogP contribution >= 0.6 is 27.7 Å². The van der Waals surface area contributed by atoms with Crippen LogP contribution in [0.5, 0.6) is 0 Å². The normalized spacial score (nSPS) is 15.9. The Balaban J connectivity index is 2.01. The van der Waals surface area contributed by atoms with E-state index in [1.165, 1.54) is 0 Å². The highest BCUT2D eigenvalue weighted by atomic mass is 79.9. The molecule has 0 aromatic heterocycles. The summed E-state index contributed by atoms with van der Waals surface area (Å²) in [6, 6.07) is 6.64. The van der Waals surface area contributed by atoms with Crippen molar-refractivity contribution < 1.29 is 14.4 Å². The Hall–Kier alpha value is -1.58. The van der Waals surface area contributed by atoms with Gasteiger partial charge in [-0.05, 0) is 59.8 Å². The second-order valence-electron chi connectivity index (χ2n) is 7.20. The number of halogens is 1. The third-order valence-electron chi connectivity index (χ3n) is 4.97. The van der Waals surface area contributed by atoms with Gasteiger partial charge in [0.2, 0.25) is 11.8 Å². The van der Waals surface area contributed by atoms with Crippen LogP contribution in [-0.4, -0.2) is 84.8 Å². The summed E-state index contributed by atoms with van der Waals surface area (Å²) in [7, 11) is 0. The molecule has 1 saturated heterocycles. The zero-order valence-electron chi connectivity index (χ0n) is 17.7. The lowest BCUT2D eigenvalue weighted by Gasteiger charge is -2.27. The Morgan fingerprint density at radius 3 is 2.63 bits per heavy atom. The van der Waals surface area contributed by atoms with Gasteiger partial charge >= 0.3 is 0 Å². The lowest BCUT2D eigenvalue weighted by molar-refractivity contribution is -0.133. The topological polar surface area (TPSA) is 81.8 Å². The van der Waals surface area contributed by atoms with E-state index in [1.54, 1.807) is 23.9 Å². The molecule has 30 heavy (non-hydrogen) atoms. The summed E-state index contributed by atoms with van der Waals surface area (Å²) in [5, 5.41) is 5.75. The Morgan fingerprint density at radius 2 is 1.93 bits per heavy atom. The van der Waals surface area contributed by atoms with Gasteiger partial charge in [0, 0.05) is 37.2 Å². The van der Waals surface area contributed by atoms with Gasteiger partial charge in [-0.1, -0.05) is 12.1 Å². The van der Waals surface area contributed by atoms with Crippen LogP contribution in [0.3, 0.4) is 0 Å². The van der Waals surface area contributed by atoms with E-state index in [-0.39, 0.29) is 17.7 Å². The third kappa shape index (κ3) is 7.59. The fourth-order valence-corrected chi connectivity index (χ4v) is 4.34. The molecule has 0 radical (unpaired) electrons. The lowest BCUT2D eigenvalue weighted by Crippen LogP contribution is -2.50. The first kappa shape index (κ1) is 24.7. The highest BCUT2D eigenvalue weighted by Gasteiger charge is 2.28. The zero-order valence-corrected chi connectivity index (χ0v) is 20.1. The van der Waals surface area contributed by atoms with Gasteiger partial charge in [0.25, 0.3) is 5.91 Å². The molecule has 0 bridgehead atoms. The molecule has 3 amide bonds. The fraction of sp³-hybridized carbons (Fsp3) is 0.571. The first-order valence-electron chi connectivity index (χ1n) is 10.3. The highest BCUT2D eigenvalue weighted by Crippen LogP contribution is 2.17. The number of nitrogens with zero attached hydrogens (tertiary/aromatic N) is 2. The molecule has 2 rings (SSSR count). The molecular weight excluding hydrogens is 468 g/mol. The summed E-state index contributed by atoms with van der Waals surface area (Å²) in [6.07, 6.45) is 3.37. The summed E-state index contributed by atoms with van der Waals surface area (Å²) in [6.45, 7) is 5.48. The number of rotatable bonds is 9. The molecule has 1 heterocycles. The summed E-state index contributed by atoms with van der Waals surface area (Å²) in [5.74, 6) is 0.485. The minimum absolute atomic E-state index is 0.0100. The van der Waals surface area contributed by atoms with Crippen molar-refractivity contribution in [3.05, 3.63) is 34.3 Å². The maximum absolute atomic E-state index is 13.2. The van der Waals surface area contributed by atoms with Crippen molar-refractivity contribution in [3.8, 4) is 0 Å². The largest absolute Gasteiger partial charge is 0.355 e. The molecular formula is C21H31BrN4O3S. The van der Waals surface area contributed by atoms with Crippen molar-refractivity contribution in [2.24, 2.45) is 0 Å². The number of amides is 3. The van der Waals surface area contributed by atoms with Gasteiger partial charge in [-0.15, -0.1) is 0 Å². The van der Waals surface area contributed by atoms with E-state index in [9.17, 15) is 14.4 Å². The van der Waals surface area contributed by atoms with Crippen LogP contribution < -0.4 is 10.6 Å². The van der Waals surface area contributed by atoms with Gasteiger partial charge in [0.15, 0.2) is 0 Å². The van der Waals surface area contributed by atoms with E-state index < -0.39 is 6.04 Å². The minimum Gasteiger partial charge on any atom is -0.355 e. The molecule has 1 unspecified atom stereocenters. The minimum atomic E-state index is -0.563. The van der Waals surface area contributed by atoms with Crippen LogP contribution in [0, 0.1) is 0 Å². The fourth-order valence-electron chi connectivity index (χ4n) is 3.40. The Bertz CT molecular complexity index is 734. The second kappa shape index (κ2) is 13.0. The van der Waals surface area contributed by atoms with E-state index in [1.807, 2.05) is 30.2 Å². The lowest BCUT2D eigenvalue weighted by atomic mass is 10.1. The van der Waals surface area contributed by atoms with Crippen LogP contribution in [0.1, 0.15) is 30.1 Å². The monoisotopic (exact) mass is 498 g/mol. The Morgan fingerprint density at radius 1 is 1.17 bits per heavy atom. The summed E-state index contributed by atoms with van der Waals surface area (Å²) < 4.78 is 0.703. The summed E-state index contributed by atoms with van der Waals surface area (Å²) >= 11 is 5.05. The Labute approximate surface area is 191 Å². The molecule has 166 valence electrons. The second-order valence-corrected chi connectivity index (χ2v) is 9.04. The first-order chi connectivity index (χ1) is 14.5. The van der Waals surface area contributed by atoms with Crippen molar-refractivity contribution >= 4 is 45.4 Å². The van der Waals surface area contributed by atoms with E-state index in [2.05, 4.69) is 31.5 Å². The number of hydrogen-bond acceptors (Lipinski definition) is 5. The molecule has 1 aromatic carbocycles. The standard InChI is InChI=1S/C21H31BrN4O3S/c1-3-23-19(27)15-25-10-6-11-26(13-12-25)21(29)18(9-14-30-2)24-20(28)16-7-4-5-8-17(16)22/h4-5,7-8,18H,3,6,9-15H2,1-2H3,(H,23,27)(H,24,28). The number of hydrogen-bond donors (Lipinski definition) is 2. The number of nitrogens with one attached hydrogen (secondary N) is 2. The van der Waals surface area contributed by atoms with Crippen LogP contribution in [0.15, 0.2) is 28.7 Å². The number of benzene rings is 1. The first-order valence-corrected chi connectivity index (χ1v) is 12.5. The average Bonchev–Trinajstić information content (AvgIpc) is 2.96. The smallest absolute Gasteiger partial charge is 0.253 e. The van der Waals surface area contributed by atoms with Gasteiger partial charge in [-0.3, -0.25) is 19.3 Å². The predicted octanol–water partition coefficient (Wildman–Crippen LogP) is 1.97. The third-order valence-corrected chi connectivity index (χ3v) is 6.31. The molecule has 0 spiro atoms. The van der Waals surface area contributed by atoms with Crippen LogP contribution in [-0.2, 0) is 9.59 Å². The highest BCUT2D eigenvalue weighted by molar-refractivity contribution is 9.10. The summed E-state index contributed by atoms with van der Waals surface area (Å²) in [5.41, 5.74) is 0.517. The van der Waals surface area contributed by atoms with Gasteiger partial charge in [-0.2, -0.15) is 11.8 Å². The zero-order chi connectivity index (χ0) is 21.9. The van der Waals surface area contributed by atoms with Crippen LogP contribution in [0.2, 0.25) is 0 Å². The number of likely N-dealkylation sites (N-methyl/N-ethyl adjacent to an activating group) is 1.